The molecule has 0 saturated heterocycles. The highest BCUT2D eigenvalue weighted by atomic mass is 32.1. The fraction of sp³-hybridized carbons (Fsp3) is 0.0312. The van der Waals surface area contributed by atoms with E-state index in [0.717, 1.165) is 28.1 Å². The van der Waals surface area contributed by atoms with Crippen molar-refractivity contribution in [2.24, 2.45) is 0 Å². The summed E-state index contributed by atoms with van der Waals surface area (Å²) in [5, 5.41) is 4.98. The first-order chi connectivity index (χ1) is 19.6. The molecular weight excluding hydrogens is 520 g/mol. The van der Waals surface area contributed by atoms with Gasteiger partial charge in [-0.1, -0.05) is 91.0 Å². The molecule has 0 spiro atoms. The lowest BCUT2D eigenvalue weighted by atomic mass is 10.0. The number of aromatic nitrogens is 3. The van der Waals surface area contributed by atoms with E-state index in [1.807, 2.05) is 96.4 Å². The zero-order chi connectivity index (χ0) is 27.3. The van der Waals surface area contributed by atoms with Crippen LogP contribution in [0.15, 0.2) is 115 Å². The summed E-state index contributed by atoms with van der Waals surface area (Å²) < 4.78 is 5.29. The van der Waals surface area contributed by atoms with Crippen molar-refractivity contribution in [2.45, 2.75) is 0 Å². The summed E-state index contributed by atoms with van der Waals surface area (Å²) in [6.07, 6.45) is 0. The van der Waals surface area contributed by atoms with Crippen LogP contribution >= 0.6 is 11.3 Å². The number of nitrogens with zero attached hydrogens (tertiary/aromatic N) is 3. The van der Waals surface area contributed by atoms with Crippen LogP contribution in [0.3, 0.4) is 0 Å². The molecular formula is C32H22N4O3S. The van der Waals surface area contributed by atoms with Crippen molar-refractivity contribution in [3.63, 3.8) is 0 Å². The molecule has 7 nitrogen and oxygen atoms in total. The molecule has 0 aliphatic carbocycles. The molecule has 0 unspecified atom stereocenters. The molecule has 0 aliphatic heterocycles. The zero-order valence-corrected chi connectivity index (χ0v) is 22.0. The minimum Gasteiger partial charge on any atom is -0.452 e. The van der Waals surface area contributed by atoms with E-state index < -0.39 is 18.5 Å². The first-order valence-electron chi connectivity index (χ1n) is 12.5. The summed E-state index contributed by atoms with van der Waals surface area (Å²) in [6.45, 7) is -0.439. The average Bonchev–Trinajstić information content (AvgIpc) is 3.48. The Morgan fingerprint density at radius 3 is 1.88 bits per heavy atom. The Hall–Kier alpha value is -5.21. The molecule has 6 rings (SSSR count). The number of benzene rings is 4. The van der Waals surface area contributed by atoms with Gasteiger partial charge in [0.05, 0.1) is 33.7 Å². The van der Waals surface area contributed by atoms with Gasteiger partial charge in [0.15, 0.2) is 11.7 Å². The predicted molar refractivity (Wildman–Crippen MR) is 157 cm³/mol. The van der Waals surface area contributed by atoms with E-state index in [4.69, 9.17) is 14.7 Å². The van der Waals surface area contributed by atoms with Crippen molar-refractivity contribution in [3.05, 3.63) is 120 Å². The van der Waals surface area contributed by atoms with Gasteiger partial charge in [-0.3, -0.25) is 10.1 Å². The number of carbonyl (C=O) groups excluding carboxylic acids is 2. The van der Waals surface area contributed by atoms with E-state index in [9.17, 15) is 9.59 Å². The van der Waals surface area contributed by atoms with E-state index in [0.29, 0.717) is 21.9 Å². The maximum atomic E-state index is 12.8. The number of hydrogen-bond donors (Lipinski definition) is 1. The third-order valence-corrected chi connectivity index (χ3v) is 6.91. The first kappa shape index (κ1) is 25.1. The number of thiazole rings is 1. The van der Waals surface area contributed by atoms with Crippen LogP contribution < -0.4 is 5.32 Å². The van der Waals surface area contributed by atoms with Crippen molar-refractivity contribution >= 4 is 39.4 Å². The normalized spacial score (nSPS) is 10.8. The van der Waals surface area contributed by atoms with Crippen LogP contribution in [0, 0.1) is 0 Å². The molecule has 0 saturated carbocycles. The molecule has 194 valence electrons. The number of hydrogen-bond acceptors (Lipinski definition) is 7. The summed E-state index contributed by atoms with van der Waals surface area (Å²) in [4.78, 5) is 39.5. The molecule has 40 heavy (non-hydrogen) atoms. The Labute approximate surface area is 234 Å². The monoisotopic (exact) mass is 542 g/mol. The Balaban J connectivity index is 1.19. The van der Waals surface area contributed by atoms with Gasteiger partial charge in [-0.05, 0) is 18.2 Å². The van der Waals surface area contributed by atoms with Crippen molar-refractivity contribution < 1.29 is 14.3 Å². The van der Waals surface area contributed by atoms with E-state index in [1.165, 1.54) is 11.3 Å². The lowest BCUT2D eigenvalue weighted by Crippen LogP contribution is -2.20. The number of carbonyl (C=O) groups is 2. The molecule has 2 aromatic heterocycles. The molecule has 0 aliphatic rings. The smallest absolute Gasteiger partial charge is 0.338 e. The summed E-state index contributed by atoms with van der Waals surface area (Å²) in [5.74, 6) is -1.10. The number of rotatable bonds is 7. The average molecular weight is 543 g/mol. The Kier molecular flexibility index (Phi) is 7.07. The molecule has 0 bridgehead atoms. The number of ether oxygens (including phenoxy) is 1. The maximum Gasteiger partial charge on any atom is 0.338 e. The van der Waals surface area contributed by atoms with Crippen molar-refractivity contribution in [1.29, 1.82) is 0 Å². The van der Waals surface area contributed by atoms with Gasteiger partial charge in [-0.15, -0.1) is 11.3 Å². The molecule has 0 radical (unpaired) electrons. The summed E-state index contributed by atoms with van der Waals surface area (Å²) in [5.41, 5.74) is 6.52. The molecule has 0 atom stereocenters. The van der Waals surface area contributed by atoms with Crippen LogP contribution in [0.5, 0.6) is 0 Å². The van der Waals surface area contributed by atoms with Gasteiger partial charge in [-0.25, -0.2) is 19.7 Å². The highest BCUT2D eigenvalue weighted by Gasteiger charge is 2.16. The molecule has 1 N–H and O–H groups in total. The molecule has 6 aromatic rings. The van der Waals surface area contributed by atoms with Gasteiger partial charge in [-0.2, -0.15) is 0 Å². The summed E-state index contributed by atoms with van der Waals surface area (Å²) in [6, 6.07) is 34.3. The Morgan fingerprint density at radius 2 is 1.25 bits per heavy atom. The van der Waals surface area contributed by atoms with Gasteiger partial charge < -0.3 is 4.74 Å². The number of anilines is 1. The third-order valence-electron chi connectivity index (χ3n) is 6.15. The predicted octanol–water partition coefficient (Wildman–Crippen LogP) is 6.88. The molecule has 2 heterocycles. The molecule has 8 heteroatoms. The topological polar surface area (TPSA) is 94.1 Å². The van der Waals surface area contributed by atoms with Crippen molar-refractivity contribution in [1.82, 2.24) is 15.0 Å². The number of nitrogens with one attached hydrogen (secondary N) is 1. The van der Waals surface area contributed by atoms with E-state index >= 15 is 0 Å². The van der Waals surface area contributed by atoms with Gasteiger partial charge in [0.25, 0.3) is 5.91 Å². The summed E-state index contributed by atoms with van der Waals surface area (Å²) >= 11 is 1.30. The van der Waals surface area contributed by atoms with Crippen LogP contribution in [0.4, 0.5) is 5.13 Å². The van der Waals surface area contributed by atoms with E-state index in [1.54, 1.807) is 18.2 Å². The third kappa shape index (κ3) is 5.48. The Morgan fingerprint density at radius 1 is 0.675 bits per heavy atom. The van der Waals surface area contributed by atoms with Crippen LogP contribution in [-0.4, -0.2) is 33.4 Å². The lowest BCUT2D eigenvalue weighted by Gasteiger charge is -2.11. The SMILES string of the molecule is O=C(COC(=O)c1ccc2nc(-c3ccccc3)c(-c3ccccc3)nc2c1)Nc1nc(-c2ccccc2)cs1. The number of esters is 1. The zero-order valence-electron chi connectivity index (χ0n) is 21.2. The first-order valence-corrected chi connectivity index (χ1v) is 13.4. The molecule has 1 amide bonds. The van der Waals surface area contributed by atoms with E-state index in [2.05, 4.69) is 10.3 Å². The van der Waals surface area contributed by atoms with Gasteiger partial charge in [0.2, 0.25) is 0 Å². The van der Waals surface area contributed by atoms with Gasteiger partial charge in [0, 0.05) is 22.1 Å². The van der Waals surface area contributed by atoms with Crippen molar-refractivity contribution in [2.75, 3.05) is 11.9 Å². The Bertz CT molecular complexity index is 1810. The largest absolute Gasteiger partial charge is 0.452 e. The second-order valence-electron chi connectivity index (χ2n) is 8.88. The van der Waals surface area contributed by atoms with Crippen LogP contribution in [0.25, 0.3) is 44.8 Å². The number of amides is 1. The van der Waals surface area contributed by atoms with Crippen LogP contribution in [0.2, 0.25) is 0 Å². The standard InChI is InChI=1S/C32H22N4O3S/c37-28(36-32-35-27(20-40-32)21-10-4-1-5-11-21)19-39-31(38)24-16-17-25-26(18-24)34-30(23-14-8-3-9-15-23)29(33-25)22-12-6-2-7-13-22/h1-18,20H,19H2,(H,35,36,37). The van der Waals surface area contributed by atoms with Crippen LogP contribution in [0.1, 0.15) is 10.4 Å². The van der Waals surface area contributed by atoms with Crippen molar-refractivity contribution in [3.8, 4) is 33.8 Å². The minimum atomic E-state index is -0.628. The second-order valence-corrected chi connectivity index (χ2v) is 9.74. The fourth-order valence-electron chi connectivity index (χ4n) is 4.22. The fourth-order valence-corrected chi connectivity index (χ4v) is 4.95. The maximum absolute atomic E-state index is 12.8. The highest BCUT2D eigenvalue weighted by Crippen LogP contribution is 2.31. The highest BCUT2D eigenvalue weighted by molar-refractivity contribution is 7.14. The van der Waals surface area contributed by atoms with E-state index in [-0.39, 0.29) is 5.56 Å². The van der Waals surface area contributed by atoms with Gasteiger partial charge in [0.1, 0.15) is 0 Å². The molecule has 4 aromatic carbocycles. The quantitative estimate of drug-likeness (QED) is 0.221. The minimum absolute atomic E-state index is 0.279. The molecule has 0 fully saturated rings. The van der Waals surface area contributed by atoms with Crippen LogP contribution in [-0.2, 0) is 9.53 Å². The second kappa shape index (κ2) is 11.3. The van der Waals surface area contributed by atoms with Gasteiger partial charge >= 0.3 is 5.97 Å². The lowest BCUT2D eigenvalue weighted by molar-refractivity contribution is -0.119. The number of fused-ring (bicyclic) bond motifs is 1. The summed E-state index contributed by atoms with van der Waals surface area (Å²) in [7, 11) is 0.